The molecule has 0 saturated heterocycles. The van der Waals surface area contributed by atoms with Gasteiger partial charge in [-0.15, -0.1) is 0 Å². The maximum atomic E-state index is 9.00. The summed E-state index contributed by atoms with van der Waals surface area (Å²) in [5.74, 6) is 0. The van der Waals surface area contributed by atoms with Crippen LogP contribution in [0, 0.1) is 11.3 Å². The second kappa shape index (κ2) is 3.81. The number of halogens is 2. The van der Waals surface area contributed by atoms with Crippen LogP contribution in [-0.4, -0.2) is 0 Å². The molecule has 0 bridgehead atoms. The summed E-state index contributed by atoms with van der Waals surface area (Å²) in [7, 11) is 0. The van der Waals surface area contributed by atoms with Gasteiger partial charge in [-0.05, 0) is 26.0 Å². The summed E-state index contributed by atoms with van der Waals surface area (Å²) in [6.45, 7) is 3.80. The monoisotopic (exact) mass is 301 g/mol. The fraction of sp³-hybridized carbons (Fsp3) is 0.300. The van der Waals surface area contributed by atoms with Gasteiger partial charge in [0.15, 0.2) is 0 Å². The summed E-state index contributed by atoms with van der Waals surface area (Å²) in [6.07, 6.45) is 0. The van der Waals surface area contributed by atoms with Gasteiger partial charge in [0, 0.05) is 14.5 Å². The highest BCUT2D eigenvalue weighted by Crippen LogP contribution is 2.35. The van der Waals surface area contributed by atoms with Crippen molar-refractivity contribution in [2.45, 2.75) is 19.3 Å². The molecular formula is C10H9Br2N. The van der Waals surface area contributed by atoms with E-state index in [2.05, 4.69) is 37.9 Å². The molecule has 0 aliphatic carbocycles. The smallest absolute Gasteiger partial charge is 0.0788 e. The average Bonchev–Trinajstić information content (AvgIpc) is 2.03. The molecule has 1 nitrogen and oxygen atoms in total. The van der Waals surface area contributed by atoms with E-state index in [0.717, 1.165) is 14.5 Å². The number of hydrogen-bond acceptors (Lipinski definition) is 1. The topological polar surface area (TPSA) is 23.8 Å². The van der Waals surface area contributed by atoms with Gasteiger partial charge in [-0.25, -0.2) is 0 Å². The van der Waals surface area contributed by atoms with Crippen molar-refractivity contribution in [2.24, 2.45) is 0 Å². The lowest BCUT2D eigenvalue weighted by atomic mass is 9.86. The molecule has 0 aromatic heterocycles. The van der Waals surface area contributed by atoms with Crippen molar-refractivity contribution in [3.05, 3.63) is 32.7 Å². The summed E-state index contributed by atoms with van der Waals surface area (Å²) in [6, 6.07) is 8.10. The van der Waals surface area contributed by atoms with Crippen LogP contribution in [0.15, 0.2) is 27.1 Å². The molecule has 0 atom stereocenters. The Kier molecular flexibility index (Phi) is 3.15. The lowest BCUT2D eigenvalue weighted by molar-refractivity contribution is 0.679. The molecule has 13 heavy (non-hydrogen) atoms. The molecule has 3 heteroatoms. The summed E-state index contributed by atoms with van der Waals surface area (Å²) < 4.78 is 1.93. The normalized spacial score (nSPS) is 11.0. The Balaban J connectivity index is 3.38. The standard InChI is InChI=1S/C10H9Br2N/c1-10(2,6-13)9-7(11)4-3-5-8(9)12/h3-5H,1-2H3. The molecule has 0 aliphatic heterocycles. The van der Waals surface area contributed by atoms with Crippen molar-refractivity contribution in [3.63, 3.8) is 0 Å². The van der Waals surface area contributed by atoms with Crippen LogP contribution < -0.4 is 0 Å². The Hall–Kier alpha value is -0.330. The molecule has 1 aromatic carbocycles. The predicted molar refractivity (Wildman–Crippen MR) is 60.5 cm³/mol. The lowest BCUT2D eigenvalue weighted by Crippen LogP contribution is -2.15. The number of rotatable bonds is 1. The molecule has 0 aliphatic rings. The van der Waals surface area contributed by atoms with Crippen molar-refractivity contribution >= 4 is 31.9 Å². The molecule has 0 amide bonds. The predicted octanol–water partition coefficient (Wildman–Crippen LogP) is 4.01. The zero-order chi connectivity index (χ0) is 10.1. The quantitative estimate of drug-likeness (QED) is 0.769. The fourth-order valence-corrected chi connectivity index (χ4v) is 3.14. The summed E-state index contributed by atoms with van der Waals surface area (Å²) in [5.41, 5.74) is 0.524. The van der Waals surface area contributed by atoms with Gasteiger partial charge in [-0.2, -0.15) is 5.26 Å². The molecule has 0 saturated carbocycles. The largest absolute Gasteiger partial charge is 0.197 e. The Bertz CT molecular complexity index is 343. The van der Waals surface area contributed by atoms with E-state index in [1.54, 1.807) is 0 Å². The number of hydrogen-bond donors (Lipinski definition) is 0. The first-order chi connectivity index (χ1) is 5.99. The van der Waals surface area contributed by atoms with E-state index in [4.69, 9.17) is 5.26 Å². The first-order valence-electron chi connectivity index (χ1n) is 3.85. The molecule has 0 radical (unpaired) electrons. The number of nitrogens with zero attached hydrogens (tertiary/aromatic N) is 1. The summed E-state index contributed by atoms with van der Waals surface area (Å²) in [4.78, 5) is 0. The molecule has 68 valence electrons. The Labute approximate surface area is 95.0 Å². The van der Waals surface area contributed by atoms with E-state index in [-0.39, 0.29) is 0 Å². The van der Waals surface area contributed by atoms with Crippen molar-refractivity contribution in [1.29, 1.82) is 5.26 Å². The van der Waals surface area contributed by atoms with E-state index in [1.165, 1.54) is 0 Å². The van der Waals surface area contributed by atoms with Crippen LogP contribution in [0.5, 0.6) is 0 Å². The van der Waals surface area contributed by atoms with Gasteiger partial charge in [0.25, 0.3) is 0 Å². The molecule has 1 aromatic rings. The van der Waals surface area contributed by atoms with Gasteiger partial charge in [-0.3, -0.25) is 0 Å². The van der Waals surface area contributed by atoms with Crippen LogP contribution in [-0.2, 0) is 5.41 Å². The van der Waals surface area contributed by atoms with Gasteiger partial charge in [0.2, 0.25) is 0 Å². The second-order valence-electron chi connectivity index (χ2n) is 3.33. The van der Waals surface area contributed by atoms with Crippen LogP contribution in [0.4, 0.5) is 0 Å². The molecular weight excluding hydrogens is 294 g/mol. The third-order valence-corrected chi connectivity index (χ3v) is 3.19. The number of nitriles is 1. The fourth-order valence-electron chi connectivity index (χ4n) is 1.15. The highest BCUT2D eigenvalue weighted by molar-refractivity contribution is 9.11. The molecule has 0 spiro atoms. The minimum absolute atomic E-state index is 0.473. The lowest BCUT2D eigenvalue weighted by Gasteiger charge is -2.19. The molecule has 0 fully saturated rings. The van der Waals surface area contributed by atoms with Crippen molar-refractivity contribution in [2.75, 3.05) is 0 Å². The first kappa shape index (κ1) is 10.7. The minimum Gasteiger partial charge on any atom is -0.197 e. The average molecular weight is 303 g/mol. The van der Waals surface area contributed by atoms with Crippen LogP contribution in [0.2, 0.25) is 0 Å². The van der Waals surface area contributed by atoms with Gasteiger partial charge in [0.1, 0.15) is 0 Å². The molecule has 1 rings (SSSR count). The zero-order valence-electron chi connectivity index (χ0n) is 7.44. The maximum absolute atomic E-state index is 9.00. The van der Waals surface area contributed by atoms with Gasteiger partial charge in [-0.1, -0.05) is 37.9 Å². The van der Waals surface area contributed by atoms with Crippen LogP contribution >= 0.6 is 31.9 Å². The van der Waals surface area contributed by atoms with E-state index in [9.17, 15) is 0 Å². The van der Waals surface area contributed by atoms with E-state index < -0.39 is 5.41 Å². The molecule has 0 heterocycles. The summed E-state index contributed by atoms with van der Waals surface area (Å²) >= 11 is 6.89. The van der Waals surface area contributed by atoms with E-state index in [1.807, 2.05) is 32.0 Å². The third kappa shape index (κ3) is 2.12. The first-order valence-corrected chi connectivity index (χ1v) is 5.43. The second-order valence-corrected chi connectivity index (χ2v) is 5.04. The zero-order valence-corrected chi connectivity index (χ0v) is 10.6. The Morgan fingerprint density at radius 2 is 1.69 bits per heavy atom. The molecule has 0 N–H and O–H groups in total. The van der Waals surface area contributed by atoms with Crippen LogP contribution in [0.1, 0.15) is 19.4 Å². The van der Waals surface area contributed by atoms with Crippen molar-refractivity contribution in [3.8, 4) is 6.07 Å². The van der Waals surface area contributed by atoms with Gasteiger partial charge < -0.3 is 0 Å². The Morgan fingerprint density at radius 3 is 2.08 bits per heavy atom. The minimum atomic E-state index is -0.473. The Morgan fingerprint density at radius 1 is 1.23 bits per heavy atom. The highest BCUT2D eigenvalue weighted by Gasteiger charge is 2.24. The highest BCUT2D eigenvalue weighted by atomic mass is 79.9. The van der Waals surface area contributed by atoms with Crippen molar-refractivity contribution in [1.82, 2.24) is 0 Å². The maximum Gasteiger partial charge on any atom is 0.0788 e. The molecule has 0 unspecified atom stereocenters. The van der Waals surface area contributed by atoms with Crippen LogP contribution in [0.25, 0.3) is 0 Å². The SMILES string of the molecule is CC(C)(C#N)c1c(Br)cccc1Br. The van der Waals surface area contributed by atoms with Crippen molar-refractivity contribution < 1.29 is 0 Å². The van der Waals surface area contributed by atoms with E-state index in [0.29, 0.717) is 0 Å². The van der Waals surface area contributed by atoms with Gasteiger partial charge in [0.05, 0.1) is 11.5 Å². The summed E-state index contributed by atoms with van der Waals surface area (Å²) in [5, 5.41) is 9.00. The third-order valence-electron chi connectivity index (χ3n) is 1.87. The number of benzene rings is 1. The van der Waals surface area contributed by atoms with Gasteiger partial charge >= 0.3 is 0 Å². The van der Waals surface area contributed by atoms with E-state index >= 15 is 0 Å². The van der Waals surface area contributed by atoms with Crippen LogP contribution in [0.3, 0.4) is 0 Å².